The van der Waals surface area contributed by atoms with E-state index >= 15 is 0 Å². The number of aryl methyl sites for hydroxylation is 1. The third-order valence-electron chi connectivity index (χ3n) is 2.98. The SMILES string of the molecule is Cc1ccc(NC(=O)COC(=O)c2ccc(OC(F)F)cc2)cc1. The van der Waals surface area contributed by atoms with Gasteiger partial charge in [0.15, 0.2) is 6.61 Å². The number of carbonyl (C=O) groups is 2. The normalized spacial score (nSPS) is 10.3. The van der Waals surface area contributed by atoms with Gasteiger partial charge in [0.25, 0.3) is 5.91 Å². The number of benzene rings is 2. The standard InChI is InChI=1S/C17H15F2NO4/c1-11-2-6-13(7-3-11)20-15(21)10-23-16(22)12-4-8-14(9-5-12)24-17(18)19/h2-9,17H,10H2,1H3,(H,20,21). The maximum atomic E-state index is 12.0. The van der Waals surface area contributed by atoms with E-state index in [1.54, 1.807) is 12.1 Å². The van der Waals surface area contributed by atoms with Gasteiger partial charge in [-0.3, -0.25) is 4.79 Å². The predicted octanol–water partition coefficient (Wildman–Crippen LogP) is 3.39. The van der Waals surface area contributed by atoms with Crippen LogP contribution in [0.15, 0.2) is 48.5 Å². The van der Waals surface area contributed by atoms with E-state index in [1.165, 1.54) is 24.3 Å². The summed E-state index contributed by atoms with van der Waals surface area (Å²) in [6, 6.07) is 12.1. The zero-order valence-electron chi connectivity index (χ0n) is 12.8. The largest absolute Gasteiger partial charge is 0.452 e. The molecule has 2 rings (SSSR count). The van der Waals surface area contributed by atoms with Gasteiger partial charge in [0.1, 0.15) is 5.75 Å². The minimum atomic E-state index is -2.94. The summed E-state index contributed by atoms with van der Waals surface area (Å²) in [4.78, 5) is 23.5. The number of anilines is 1. The van der Waals surface area contributed by atoms with E-state index in [9.17, 15) is 18.4 Å². The average molecular weight is 335 g/mol. The molecule has 1 N–H and O–H groups in total. The van der Waals surface area contributed by atoms with Gasteiger partial charge in [0.2, 0.25) is 0 Å². The molecule has 0 unspecified atom stereocenters. The van der Waals surface area contributed by atoms with E-state index in [-0.39, 0.29) is 11.3 Å². The highest BCUT2D eigenvalue weighted by Gasteiger charge is 2.11. The summed E-state index contributed by atoms with van der Waals surface area (Å²) in [7, 11) is 0. The van der Waals surface area contributed by atoms with Gasteiger partial charge >= 0.3 is 12.6 Å². The van der Waals surface area contributed by atoms with Crippen molar-refractivity contribution in [3.05, 3.63) is 59.7 Å². The van der Waals surface area contributed by atoms with Crippen LogP contribution in [-0.4, -0.2) is 25.1 Å². The molecule has 0 bridgehead atoms. The van der Waals surface area contributed by atoms with Gasteiger partial charge in [0, 0.05) is 5.69 Å². The van der Waals surface area contributed by atoms with E-state index in [0.29, 0.717) is 5.69 Å². The Kier molecular flexibility index (Phi) is 5.83. The number of nitrogens with one attached hydrogen (secondary N) is 1. The second kappa shape index (κ2) is 8.05. The Hall–Kier alpha value is -2.96. The van der Waals surface area contributed by atoms with E-state index in [0.717, 1.165) is 5.56 Å². The summed E-state index contributed by atoms with van der Waals surface area (Å²) in [6.07, 6.45) is 0. The van der Waals surface area contributed by atoms with Crippen LogP contribution in [0, 0.1) is 6.92 Å². The molecular formula is C17H15F2NO4. The second-order valence-electron chi connectivity index (χ2n) is 4.89. The van der Waals surface area contributed by atoms with Crippen LogP contribution < -0.4 is 10.1 Å². The Morgan fingerprint density at radius 2 is 1.67 bits per heavy atom. The van der Waals surface area contributed by atoms with Crippen LogP contribution in [0.2, 0.25) is 0 Å². The number of halogens is 2. The molecule has 5 nitrogen and oxygen atoms in total. The molecular weight excluding hydrogens is 320 g/mol. The molecule has 0 radical (unpaired) electrons. The van der Waals surface area contributed by atoms with Crippen LogP contribution in [0.3, 0.4) is 0 Å². The zero-order valence-corrected chi connectivity index (χ0v) is 12.8. The lowest BCUT2D eigenvalue weighted by Gasteiger charge is -2.08. The molecule has 7 heteroatoms. The summed E-state index contributed by atoms with van der Waals surface area (Å²) in [5.74, 6) is -1.29. The quantitative estimate of drug-likeness (QED) is 0.822. The summed E-state index contributed by atoms with van der Waals surface area (Å²) in [5, 5.41) is 2.59. The molecule has 2 aromatic rings. The van der Waals surface area contributed by atoms with E-state index in [2.05, 4.69) is 10.1 Å². The van der Waals surface area contributed by atoms with Crippen LogP contribution in [0.5, 0.6) is 5.75 Å². The third kappa shape index (κ3) is 5.35. The van der Waals surface area contributed by atoms with Crippen molar-refractivity contribution in [3.63, 3.8) is 0 Å². The van der Waals surface area contributed by atoms with Crippen molar-refractivity contribution in [2.75, 3.05) is 11.9 Å². The molecule has 0 aromatic heterocycles. The Morgan fingerprint density at radius 1 is 1.04 bits per heavy atom. The first kappa shape index (κ1) is 17.4. The number of rotatable bonds is 6. The summed E-state index contributed by atoms with van der Waals surface area (Å²) in [5.41, 5.74) is 1.77. The van der Waals surface area contributed by atoms with Gasteiger partial charge in [-0.2, -0.15) is 8.78 Å². The van der Waals surface area contributed by atoms with Crippen molar-refractivity contribution in [2.45, 2.75) is 13.5 Å². The predicted molar refractivity (Wildman–Crippen MR) is 83.2 cm³/mol. The maximum absolute atomic E-state index is 12.0. The van der Waals surface area contributed by atoms with Crippen molar-refractivity contribution < 1.29 is 27.8 Å². The minimum Gasteiger partial charge on any atom is -0.452 e. The molecule has 0 saturated carbocycles. The Bertz CT molecular complexity index is 700. The number of carbonyl (C=O) groups excluding carboxylic acids is 2. The highest BCUT2D eigenvalue weighted by molar-refractivity contribution is 5.95. The minimum absolute atomic E-state index is 0.0707. The van der Waals surface area contributed by atoms with Gasteiger partial charge in [-0.15, -0.1) is 0 Å². The van der Waals surface area contributed by atoms with E-state index in [1.807, 2.05) is 19.1 Å². The Labute approximate surface area is 137 Å². The molecule has 0 spiro atoms. The van der Waals surface area contributed by atoms with Gasteiger partial charge in [0.05, 0.1) is 5.56 Å². The molecule has 0 aliphatic carbocycles. The molecule has 126 valence electrons. The first-order chi connectivity index (χ1) is 11.4. The molecule has 0 fully saturated rings. The number of hydrogen-bond donors (Lipinski definition) is 1. The first-order valence-electron chi connectivity index (χ1n) is 7.02. The third-order valence-corrected chi connectivity index (χ3v) is 2.98. The van der Waals surface area contributed by atoms with Crippen molar-refractivity contribution in [2.24, 2.45) is 0 Å². The van der Waals surface area contributed by atoms with Crippen molar-refractivity contribution >= 4 is 17.6 Å². The topological polar surface area (TPSA) is 64.6 Å². The molecule has 2 aromatic carbocycles. The highest BCUT2D eigenvalue weighted by Crippen LogP contribution is 2.15. The molecule has 1 amide bonds. The van der Waals surface area contributed by atoms with E-state index < -0.39 is 25.1 Å². The molecule has 0 atom stereocenters. The lowest BCUT2D eigenvalue weighted by molar-refractivity contribution is -0.119. The van der Waals surface area contributed by atoms with Crippen molar-refractivity contribution in [1.82, 2.24) is 0 Å². The van der Waals surface area contributed by atoms with Gasteiger partial charge < -0.3 is 14.8 Å². The second-order valence-corrected chi connectivity index (χ2v) is 4.89. The number of alkyl halides is 2. The fourth-order valence-corrected chi connectivity index (χ4v) is 1.82. The molecule has 0 aliphatic heterocycles. The van der Waals surface area contributed by atoms with Crippen LogP contribution in [-0.2, 0) is 9.53 Å². The fourth-order valence-electron chi connectivity index (χ4n) is 1.82. The summed E-state index contributed by atoms with van der Waals surface area (Å²) in [6.45, 7) is -1.47. The van der Waals surface area contributed by atoms with Crippen LogP contribution in [0.25, 0.3) is 0 Å². The summed E-state index contributed by atoms with van der Waals surface area (Å²) >= 11 is 0. The van der Waals surface area contributed by atoms with Crippen LogP contribution in [0.1, 0.15) is 15.9 Å². The lowest BCUT2D eigenvalue weighted by atomic mass is 10.2. The zero-order chi connectivity index (χ0) is 17.5. The maximum Gasteiger partial charge on any atom is 0.387 e. The first-order valence-corrected chi connectivity index (χ1v) is 7.02. The molecule has 0 saturated heterocycles. The Morgan fingerprint density at radius 3 is 2.25 bits per heavy atom. The average Bonchev–Trinajstić information content (AvgIpc) is 2.55. The fraction of sp³-hybridized carbons (Fsp3) is 0.176. The highest BCUT2D eigenvalue weighted by atomic mass is 19.3. The Balaban J connectivity index is 1.83. The molecule has 0 aliphatic rings. The number of esters is 1. The number of hydrogen-bond acceptors (Lipinski definition) is 4. The number of ether oxygens (including phenoxy) is 2. The van der Waals surface area contributed by atoms with Gasteiger partial charge in [-0.05, 0) is 43.3 Å². The van der Waals surface area contributed by atoms with E-state index in [4.69, 9.17) is 4.74 Å². The van der Waals surface area contributed by atoms with Crippen LogP contribution >= 0.6 is 0 Å². The monoisotopic (exact) mass is 335 g/mol. The summed E-state index contributed by atoms with van der Waals surface area (Å²) < 4.78 is 33.1. The van der Waals surface area contributed by atoms with Crippen LogP contribution in [0.4, 0.5) is 14.5 Å². The van der Waals surface area contributed by atoms with Crippen molar-refractivity contribution in [3.8, 4) is 5.75 Å². The smallest absolute Gasteiger partial charge is 0.387 e. The van der Waals surface area contributed by atoms with Crippen molar-refractivity contribution in [1.29, 1.82) is 0 Å². The lowest BCUT2D eigenvalue weighted by Crippen LogP contribution is -2.20. The van der Waals surface area contributed by atoms with Gasteiger partial charge in [-0.1, -0.05) is 17.7 Å². The molecule has 24 heavy (non-hydrogen) atoms. The molecule has 0 heterocycles. The number of amides is 1. The van der Waals surface area contributed by atoms with Gasteiger partial charge in [-0.25, -0.2) is 4.79 Å².